The van der Waals surface area contributed by atoms with E-state index in [0.29, 0.717) is 17.4 Å². The van der Waals surface area contributed by atoms with Crippen LogP contribution in [-0.4, -0.2) is 18.5 Å². The fourth-order valence-corrected chi connectivity index (χ4v) is 3.15. The van der Waals surface area contributed by atoms with E-state index in [1.165, 1.54) is 12.1 Å². The van der Waals surface area contributed by atoms with Gasteiger partial charge in [0.15, 0.2) is 0 Å². The van der Waals surface area contributed by atoms with Crippen LogP contribution in [0.5, 0.6) is 5.75 Å². The molecule has 7 heteroatoms. The first-order valence-corrected chi connectivity index (χ1v) is 9.46. The average Bonchev–Trinajstić information content (AvgIpc) is 2.67. The van der Waals surface area contributed by atoms with E-state index >= 15 is 0 Å². The monoisotopic (exact) mass is 414 g/mol. The molecule has 150 valence electrons. The second-order valence-electron chi connectivity index (χ2n) is 6.38. The van der Waals surface area contributed by atoms with Crippen LogP contribution in [0.3, 0.4) is 0 Å². The van der Waals surface area contributed by atoms with Gasteiger partial charge in [0.05, 0.1) is 17.2 Å². The molecule has 0 unspecified atom stereocenters. The maximum atomic E-state index is 12.6. The molecule has 3 rings (SSSR count). The molecule has 2 aromatic carbocycles. The van der Waals surface area contributed by atoms with Crippen molar-refractivity contribution in [3.63, 3.8) is 0 Å². The van der Waals surface area contributed by atoms with Gasteiger partial charge in [-0.05, 0) is 49.6 Å². The number of fused-ring (bicyclic) bond motifs is 1. The van der Waals surface area contributed by atoms with Crippen LogP contribution in [-0.2, 0) is 16.0 Å². The minimum Gasteiger partial charge on any atom is -0.466 e. The predicted octanol–water partition coefficient (Wildman–Crippen LogP) is 4.47. The first kappa shape index (κ1) is 20.6. The molecule has 6 nitrogen and oxygen atoms in total. The van der Waals surface area contributed by atoms with Crippen LogP contribution in [0.15, 0.2) is 51.7 Å². The van der Waals surface area contributed by atoms with Crippen LogP contribution in [0.25, 0.3) is 11.0 Å². The maximum Gasteiger partial charge on any atom is 0.345 e. The van der Waals surface area contributed by atoms with Crippen LogP contribution in [0.1, 0.15) is 34.8 Å². The summed E-state index contributed by atoms with van der Waals surface area (Å²) in [6.45, 7) is 3.80. The minimum absolute atomic E-state index is 0.117. The molecule has 0 spiro atoms. The van der Waals surface area contributed by atoms with Gasteiger partial charge in [0.2, 0.25) is 0 Å². The molecule has 0 saturated heterocycles. The Labute approximate surface area is 172 Å². The Morgan fingerprint density at radius 1 is 1.14 bits per heavy atom. The molecule has 0 aliphatic rings. The topological polar surface area (TPSA) is 82.8 Å². The number of carbonyl (C=O) groups excluding carboxylic acids is 2. The summed E-state index contributed by atoms with van der Waals surface area (Å²) < 4.78 is 15.8. The summed E-state index contributed by atoms with van der Waals surface area (Å²) >= 11 is 6.08. The molecular formula is C22H19ClO6. The largest absolute Gasteiger partial charge is 0.466 e. The zero-order chi connectivity index (χ0) is 21.0. The van der Waals surface area contributed by atoms with Crippen molar-refractivity contribution in [3.05, 3.63) is 74.6 Å². The van der Waals surface area contributed by atoms with Crippen LogP contribution in [0, 0.1) is 6.92 Å². The lowest BCUT2D eigenvalue weighted by Crippen LogP contribution is -2.12. The summed E-state index contributed by atoms with van der Waals surface area (Å²) in [4.78, 5) is 36.1. The second-order valence-corrected chi connectivity index (χ2v) is 6.79. The van der Waals surface area contributed by atoms with Crippen molar-refractivity contribution < 1.29 is 23.5 Å². The van der Waals surface area contributed by atoms with Gasteiger partial charge in [0.25, 0.3) is 0 Å². The fraction of sp³-hybridized carbons (Fsp3) is 0.227. The lowest BCUT2D eigenvalue weighted by molar-refractivity contribution is -0.143. The van der Waals surface area contributed by atoms with Crippen LogP contribution >= 0.6 is 11.6 Å². The van der Waals surface area contributed by atoms with Crippen LogP contribution < -0.4 is 10.4 Å². The van der Waals surface area contributed by atoms with E-state index in [9.17, 15) is 14.4 Å². The summed E-state index contributed by atoms with van der Waals surface area (Å²) in [5.41, 5.74) is 1.33. The number of ether oxygens (including phenoxy) is 2. The lowest BCUT2D eigenvalue weighted by Gasteiger charge is -2.13. The molecule has 1 heterocycles. The molecule has 0 amide bonds. The van der Waals surface area contributed by atoms with E-state index in [4.69, 9.17) is 25.5 Å². The van der Waals surface area contributed by atoms with Crippen LogP contribution in [0.4, 0.5) is 0 Å². The molecule has 0 N–H and O–H groups in total. The molecule has 0 atom stereocenters. The molecular weight excluding hydrogens is 396 g/mol. The zero-order valence-corrected chi connectivity index (χ0v) is 16.7. The third kappa shape index (κ3) is 4.84. The Morgan fingerprint density at radius 2 is 1.90 bits per heavy atom. The molecule has 0 aliphatic carbocycles. The second kappa shape index (κ2) is 8.92. The SMILES string of the molecule is CCOC(=O)CCc1cc2c(C)cc(=O)oc2cc1OC(=O)c1ccccc1Cl. The first-order chi connectivity index (χ1) is 13.9. The molecule has 0 saturated carbocycles. The molecule has 3 aromatic rings. The van der Waals surface area contributed by atoms with E-state index in [1.54, 1.807) is 44.2 Å². The number of hydrogen-bond acceptors (Lipinski definition) is 6. The van der Waals surface area contributed by atoms with Crippen molar-refractivity contribution in [2.45, 2.75) is 26.7 Å². The van der Waals surface area contributed by atoms with E-state index in [1.807, 2.05) is 0 Å². The van der Waals surface area contributed by atoms with Crippen molar-refractivity contribution in [2.24, 2.45) is 0 Å². The summed E-state index contributed by atoms with van der Waals surface area (Å²) in [7, 11) is 0. The Balaban J connectivity index is 2.01. The number of rotatable bonds is 6. The summed E-state index contributed by atoms with van der Waals surface area (Å²) in [6.07, 6.45) is 0.407. The Kier molecular flexibility index (Phi) is 6.34. The summed E-state index contributed by atoms with van der Waals surface area (Å²) in [5.74, 6) is -0.810. The van der Waals surface area contributed by atoms with Gasteiger partial charge in [-0.1, -0.05) is 23.7 Å². The van der Waals surface area contributed by atoms with Gasteiger partial charge >= 0.3 is 17.6 Å². The maximum absolute atomic E-state index is 12.6. The van der Waals surface area contributed by atoms with Crippen molar-refractivity contribution >= 4 is 34.5 Å². The van der Waals surface area contributed by atoms with Gasteiger partial charge in [-0.25, -0.2) is 9.59 Å². The summed E-state index contributed by atoms with van der Waals surface area (Å²) in [5, 5.41) is 0.953. The highest BCUT2D eigenvalue weighted by molar-refractivity contribution is 6.33. The van der Waals surface area contributed by atoms with Gasteiger partial charge in [-0.3, -0.25) is 4.79 Å². The highest BCUT2D eigenvalue weighted by Gasteiger charge is 2.18. The number of carbonyl (C=O) groups is 2. The van der Waals surface area contributed by atoms with Gasteiger partial charge in [-0.2, -0.15) is 0 Å². The highest BCUT2D eigenvalue weighted by Crippen LogP contribution is 2.30. The molecule has 0 radical (unpaired) electrons. The fourth-order valence-electron chi connectivity index (χ4n) is 2.93. The Bertz CT molecular complexity index is 1130. The van der Waals surface area contributed by atoms with Gasteiger partial charge in [0.1, 0.15) is 11.3 Å². The van der Waals surface area contributed by atoms with Crippen LogP contribution in [0.2, 0.25) is 5.02 Å². The minimum atomic E-state index is -0.651. The quantitative estimate of drug-likeness (QED) is 0.336. The Morgan fingerprint density at radius 3 is 2.62 bits per heavy atom. The van der Waals surface area contributed by atoms with Crippen molar-refractivity contribution in [3.8, 4) is 5.75 Å². The normalized spacial score (nSPS) is 10.7. The van der Waals surface area contributed by atoms with E-state index in [0.717, 1.165) is 5.56 Å². The number of benzene rings is 2. The smallest absolute Gasteiger partial charge is 0.345 e. The van der Waals surface area contributed by atoms with E-state index in [-0.39, 0.29) is 40.9 Å². The van der Waals surface area contributed by atoms with Crippen molar-refractivity contribution in [2.75, 3.05) is 6.61 Å². The van der Waals surface area contributed by atoms with E-state index < -0.39 is 11.6 Å². The zero-order valence-electron chi connectivity index (χ0n) is 16.0. The third-order valence-corrected chi connectivity index (χ3v) is 4.66. The van der Waals surface area contributed by atoms with E-state index in [2.05, 4.69) is 0 Å². The lowest BCUT2D eigenvalue weighted by atomic mass is 10.0. The van der Waals surface area contributed by atoms with Gasteiger partial charge < -0.3 is 13.9 Å². The highest BCUT2D eigenvalue weighted by atomic mass is 35.5. The molecule has 0 bridgehead atoms. The predicted molar refractivity (Wildman–Crippen MR) is 109 cm³/mol. The number of hydrogen-bond donors (Lipinski definition) is 0. The van der Waals surface area contributed by atoms with Crippen molar-refractivity contribution in [1.82, 2.24) is 0 Å². The molecule has 0 fully saturated rings. The third-order valence-electron chi connectivity index (χ3n) is 4.33. The molecule has 1 aromatic heterocycles. The number of halogens is 1. The number of aryl methyl sites for hydroxylation is 2. The number of esters is 2. The summed E-state index contributed by atoms with van der Waals surface area (Å²) in [6, 6.07) is 11.1. The van der Waals surface area contributed by atoms with Gasteiger partial charge in [-0.15, -0.1) is 0 Å². The standard InChI is InChI=1S/C22H19ClO6/c1-3-27-20(24)9-8-14-11-16-13(2)10-21(25)28-19(16)12-18(14)29-22(26)15-6-4-5-7-17(15)23/h4-7,10-12H,3,8-9H2,1-2H3. The molecule has 0 aliphatic heterocycles. The molecule has 29 heavy (non-hydrogen) atoms. The van der Waals surface area contributed by atoms with Gasteiger partial charge in [0, 0.05) is 23.9 Å². The van der Waals surface area contributed by atoms with Crippen molar-refractivity contribution in [1.29, 1.82) is 0 Å². The average molecular weight is 415 g/mol. The first-order valence-electron chi connectivity index (χ1n) is 9.08. The Hall–Kier alpha value is -3.12.